The molecule has 21 heavy (non-hydrogen) atoms. The molecule has 1 fully saturated rings. The average molecular weight is 306 g/mol. The fraction of sp³-hybridized carbons (Fsp3) is 0.467. The Morgan fingerprint density at radius 3 is 2.86 bits per heavy atom. The zero-order valence-electron chi connectivity index (χ0n) is 12.1. The van der Waals surface area contributed by atoms with Crippen LogP contribution in [0.3, 0.4) is 0 Å². The molecule has 4 rings (SSSR count). The second-order valence-corrected chi connectivity index (χ2v) is 6.32. The van der Waals surface area contributed by atoms with Gasteiger partial charge in [-0.1, -0.05) is 23.8 Å². The van der Waals surface area contributed by atoms with Crippen LogP contribution in [0.5, 0.6) is 0 Å². The van der Waals surface area contributed by atoms with Gasteiger partial charge in [-0.15, -0.1) is 0 Å². The van der Waals surface area contributed by atoms with E-state index in [0.717, 1.165) is 11.0 Å². The van der Waals surface area contributed by atoms with Gasteiger partial charge in [0.2, 0.25) is 0 Å². The third-order valence-electron chi connectivity index (χ3n) is 3.96. The van der Waals surface area contributed by atoms with Gasteiger partial charge in [-0.3, -0.25) is 0 Å². The number of hydrogen-bond donors (Lipinski definition) is 0. The van der Waals surface area contributed by atoms with Gasteiger partial charge >= 0.3 is 0 Å². The quantitative estimate of drug-likeness (QED) is 0.600. The maximum atomic E-state index is 6.20. The monoisotopic (exact) mass is 305 g/mol. The van der Waals surface area contributed by atoms with Crippen LogP contribution in [0.4, 0.5) is 0 Å². The van der Waals surface area contributed by atoms with Crippen LogP contribution in [0.2, 0.25) is 5.15 Å². The summed E-state index contributed by atoms with van der Waals surface area (Å²) in [6.45, 7) is 5.72. The summed E-state index contributed by atoms with van der Waals surface area (Å²) in [4.78, 5) is 8.73. The predicted molar refractivity (Wildman–Crippen MR) is 79.3 cm³/mol. The summed E-state index contributed by atoms with van der Waals surface area (Å²) in [5.41, 5.74) is 0.830. The van der Waals surface area contributed by atoms with E-state index in [1.807, 2.05) is 33.0 Å². The molecule has 1 aliphatic carbocycles. The number of rotatable bonds is 1. The molecule has 5 nitrogen and oxygen atoms in total. The van der Waals surface area contributed by atoms with Crippen molar-refractivity contribution in [2.75, 3.05) is 0 Å². The lowest BCUT2D eigenvalue weighted by molar-refractivity contribution is -0.146. The molecule has 2 aliphatic rings. The van der Waals surface area contributed by atoms with E-state index in [1.165, 1.54) is 0 Å². The van der Waals surface area contributed by atoms with E-state index >= 15 is 0 Å². The number of hydrogen-bond acceptors (Lipinski definition) is 4. The normalized spacial score (nSPS) is 30.2. The molecule has 0 unspecified atom stereocenters. The molecule has 1 aliphatic heterocycles. The molecule has 0 amide bonds. The van der Waals surface area contributed by atoms with Gasteiger partial charge in [-0.2, -0.15) is 0 Å². The summed E-state index contributed by atoms with van der Waals surface area (Å²) in [5, 5.41) is 1.34. The SMILES string of the molecule is Cc1nc(Cl)c2ccn([C@@H]3C=C[C@H]4OC(C)(C)O[C@@H]34)c2n1. The van der Waals surface area contributed by atoms with E-state index in [1.54, 1.807) is 0 Å². The minimum atomic E-state index is -0.552. The van der Waals surface area contributed by atoms with Crippen LogP contribution in [-0.2, 0) is 9.47 Å². The lowest BCUT2D eigenvalue weighted by atomic mass is 10.2. The van der Waals surface area contributed by atoms with Crippen molar-refractivity contribution >= 4 is 22.6 Å². The van der Waals surface area contributed by atoms with Crippen LogP contribution in [0.1, 0.15) is 25.7 Å². The largest absolute Gasteiger partial charge is 0.342 e. The summed E-state index contributed by atoms with van der Waals surface area (Å²) in [6.07, 6.45) is 6.10. The molecule has 2 aromatic rings. The Hall–Kier alpha value is -1.43. The first-order chi connectivity index (χ1) is 9.94. The fourth-order valence-electron chi connectivity index (χ4n) is 3.15. The molecule has 6 heteroatoms. The Bertz CT molecular complexity index is 753. The maximum Gasteiger partial charge on any atom is 0.164 e. The van der Waals surface area contributed by atoms with E-state index < -0.39 is 5.79 Å². The first kappa shape index (κ1) is 13.2. The zero-order valence-corrected chi connectivity index (χ0v) is 12.8. The number of ether oxygens (including phenoxy) is 2. The summed E-state index contributed by atoms with van der Waals surface area (Å²) >= 11 is 6.20. The summed E-state index contributed by atoms with van der Waals surface area (Å²) < 4.78 is 14.0. The molecule has 3 atom stereocenters. The van der Waals surface area contributed by atoms with E-state index in [9.17, 15) is 0 Å². The second-order valence-electron chi connectivity index (χ2n) is 5.96. The van der Waals surface area contributed by atoms with Crippen molar-refractivity contribution < 1.29 is 9.47 Å². The minimum Gasteiger partial charge on any atom is -0.342 e. The van der Waals surface area contributed by atoms with Crippen molar-refractivity contribution in [2.24, 2.45) is 0 Å². The van der Waals surface area contributed by atoms with Gasteiger partial charge in [-0.05, 0) is 26.8 Å². The van der Waals surface area contributed by atoms with Crippen molar-refractivity contribution in [3.05, 3.63) is 35.4 Å². The molecule has 1 saturated heterocycles. The van der Waals surface area contributed by atoms with Gasteiger partial charge in [0.05, 0.1) is 11.4 Å². The number of nitrogens with zero attached hydrogens (tertiary/aromatic N) is 3. The first-order valence-electron chi connectivity index (χ1n) is 6.99. The van der Waals surface area contributed by atoms with Crippen molar-refractivity contribution in [3.8, 4) is 0 Å². The first-order valence-corrected chi connectivity index (χ1v) is 7.37. The van der Waals surface area contributed by atoms with Crippen LogP contribution < -0.4 is 0 Å². The van der Waals surface area contributed by atoms with Gasteiger partial charge < -0.3 is 14.0 Å². The predicted octanol–water partition coefficient (Wildman–Crippen LogP) is 3.02. The van der Waals surface area contributed by atoms with Crippen LogP contribution >= 0.6 is 11.6 Å². The Labute approximate surface area is 127 Å². The molecule has 0 bridgehead atoms. The highest BCUT2D eigenvalue weighted by molar-refractivity contribution is 6.33. The van der Waals surface area contributed by atoms with Crippen molar-refractivity contribution in [3.63, 3.8) is 0 Å². The number of aromatic nitrogens is 3. The van der Waals surface area contributed by atoms with Gasteiger partial charge in [0.1, 0.15) is 28.8 Å². The highest BCUT2D eigenvalue weighted by Crippen LogP contribution is 2.40. The Morgan fingerprint density at radius 2 is 2.05 bits per heavy atom. The molecular formula is C15H16ClN3O2. The highest BCUT2D eigenvalue weighted by atomic mass is 35.5. The van der Waals surface area contributed by atoms with Gasteiger partial charge in [0.15, 0.2) is 5.79 Å². The Balaban J connectivity index is 1.80. The lowest BCUT2D eigenvalue weighted by Gasteiger charge is -2.22. The third-order valence-corrected chi connectivity index (χ3v) is 4.24. The topological polar surface area (TPSA) is 49.2 Å². The Morgan fingerprint density at radius 1 is 1.24 bits per heavy atom. The van der Waals surface area contributed by atoms with Crippen LogP contribution in [0, 0.1) is 6.92 Å². The third kappa shape index (κ3) is 1.99. The van der Waals surface area contributed by atoms with E-state index in [2.05, 4.69) is 26.7 Å². The molecule has 110 valence electrons. The molecular weight excluding hydrogens is 290 g/mol. The molecule has 0 N–H and O–H groups in total. The molecule has 0 spiro atoms. The van der Waals surface area contributed by atoms with E-state index in [0.29, 0.717) is 11.0 Å². The van der Waals surface area contributed by atoms with E-state index in [4.69, 9.17) is 21.1 Å². The standard InChI is InChI=1S/C15H16ClN3O2/c1-8-17-13(16)9-6-7-19(14(9)18-8)10-4-5-11-12(10)21-15(2,3)20-11/h4-7,10-12H,1-3H3/t10-,11-,12+/m1/s1. The van der Waals surface area contributed by atoms with Gasteiger partial charge in [0, 0.05) is 6.20 Å². The van der Waals surface area contributed by atoms with Crippen molar-refractivity contribution in [1.82, 2.24) is 14.5 Å². The van der Waals surface area contributed by atoms with Crippen LogP contribution in [0.15, 0.2) is 24.4 Å². The average Bonchev–Trinajstić information content (AvgIpc) is 3.00. The number of aryl methyl sites for hydroxylation is 1. The molecule has 0 aromatic carbocycles. The van der Waals surface area contributed by atoms with Crippen molar-refractivity contribution in [2.45, 2.75) is 44.8 Å². The van der Waals surface area contributed by atoms with Crippen LogP contribution in [-0.4, -0.2) is 32.5 Å². The smallest absolute Gasteiger partial charge is 0.164 e. The van der Waals surface area contributed by atoms with Gasteiger partial charge in [-0.25, -0.2) is 9.97 Å². The summed E-state index contributed by atoms with van der Waals surface area (Å²) in [7, 11) is 0. The van der Waals surface area contributed by atoms with Crippen molar-refractivity contribution in [1.29, 1.82) is 0 Å². The second kappa shape index (κ2) is 4.29. The molecule has 0 saturated carbocycles. The lowest BCUT2D eigenvalue weighted by Crippen LogP contribution is -2.27. The summed E-state index contributed by atoms with van der Waals surface area (Å²) in [5.74, 6) is 0.110. The number of halogens is 1. The highest BCUT2D eigenvalue weighted by Gasteiger charge is 2.47. The molecule has 0 radical (unpaired) electrons. The van der Waals surface area contributed by atoms with Crippen LogP contribution in [0.25, 0.3) is 11.0 Å². The van der Waals surface area contributed by atoms with Gasteiger partial charge in [0.25, 0.3) is 0 Å². The Kier molecular flexibility index (Phi) is 2.70. The maximum absolute atomic E-state index is 6.20. The molecule has 2 aromatic heterocycles. The fourth-order valence-corrected chi connectivity index (χ4v) is 3.42. The van der Waals surface area contributed by atoms with E-state index in [-0.39, 0.29) is 18.2 Å². The number of fused-ring (bicyclic) bond motifs is 2. The minimum absolute atomic E-state index is 0.0131. The summed E-state index contributed by atoms with van der Waals surface area (Å²) in [6, 6.07) is 2.00. The zero-order chi connectivity index (χ0) is 14.8. The molecule has 3 heterocycles.